The number of methoxy groups -OCH3 is 1. The van der Waals surface area contributed by atoms with Crippen molar-refractivity contribution in [1.82, 2.24) is 9.80 Å². The number of carbonyl (C=O) groups is 2. The van der Waals surface area contributed by atoms with Gasteiger partial charge in [0.15, 0.2) is 0 Å². The van der Waals surface area contributed by atoms with Crippen LogP contribution in [0.25, 0.3) is 0 Å². The van der Waals surface area contributed by atoms with Gasteiger partial charge in [-0.1, -0.05) is 0 Å². The summed E-state index contributed by atoms with van der Waals surface area (Å²) in [5.74, 6) is 0. The van der Waals surface area contributed by atoms with Crippen LogP contribution in [0.5, 0.6) is 0 Å². The zero-order valence-electron chi connectivity index (χ0n) is 10.8. The molecule has 18 heavy (non-hydrogen) atoms. The van der Waals surface area contributed by atoms with Crippen molar-refractivity contribution in [3.63, 3.8) is 0 Å². The number of hydrogen-bond acceptors (Lipinski definition) is 4. The molecule has 0 aromatic heterocycles. The Kier molecular flexibility index (Phi) is 3.81. The smallest absolute Gasteiger partial charge is 0.417 e. The maximum atomic E-state index is 11.6. The van der Waals surface area contributed by atoms with Crippen molar-refractivity contribution < 1.29 is 14.3 Å². The molecule has 0 N–H and O–H groups in total. The summed E-state index contributed by atoms with van der Waals surface area (Å²) in [4.78, 5) is 26.1. The van der Waals surface area contributed by atoms with Gasteiger partial charge in [0.25, 0.3) is 0 Å². The second-order valence-electron chi connectivity index (χ2n) is 4.72. The van der Waals surface area contributed by atoms with Crippen molar-refractivity contribution in [2.45, 2.75) is 25.3 Å². The van der Waals surface area contributed by atoms with Crippen molar-refractivity contribution in [2.75, 3.05) is 20.7 Å². The predicted molar refractivity (Wildman–Crippen MR) is 66.7 cm³/mol. The van der Waals surface area contributed by atoms with Gasteiger partial charge in [-0.25, -0.2) is 4.79 Å². The van der Waals surface area contributed by atoms with Crippen LogP contribution < -0.4 is 0 Å². The van der Waals surface area contributed by atoms with Gasteiger partial charge in [0.1, 0.15) is 6.29 Å². The summed E-state index contributed by atoms with van der Waals surface area (Å²) in [5, 5.41) is 0. The molecule has 1 amide bonds. The van der Waals surface area contributed by atoms with E-state index in [-0.39, 0.29) is 0 Å². The van der Waals surface area contributed by atoms with Gasteiger partial charge in [-0.3, -0.25) is 14.6 Å². The zero-order chi connectivity index (χ0) is 13.1. The Bertz CT molecular complexity index is 414. The number of hydrogen-bond donors (Lipinski definition) is 0. The predicted octanol–water partition coefficient (Wildman–Crippen LogP) is 1.52. The summed E-state index contributed by atoms with van der Waals surface area (Å²) in [6.45, 7) is 1.06. The lowest BCUT2D eigenvalue weighted by atomic mass is 9.96. The minimum Gasteiger partial charge on any atom is -0.452 e. The van der Waals surface area contributed by atoms with E-state index in [9.17, 15) is 9.59 Å². The maximum Gasteiger partial charge on any atom is 0.417 e. The first-order chi connectivity index (χ1) is 8.65. The number of aldehydes is 1. The molecule has 0 radical (unpaired) electrons. The second kappa shape index (κ2) is 5.35. The van der Waals surface area contributed by atoms with E-state index in [2.05, 4.69) is 16.7 Å². The van der Waals surface area contributed by atoms with Crippen molar-refractivity contribution in [1.29, 1.82) is 0 Å². The molecule has 1 unspecified atom stereocenters. The highest BCUT2D eigenvalue weighted by molar-refractivity contribution is 5.78. The molecular formula is C13H18N2O3. The summed E-state index contributed by atoms with van der Waals surface area (Å²) in [7, 11) is 3.40. The molecule has 0 aliphatic carbocycles. The Balaban J connectivity index is 2.22. The van der Waals surface area contributed by atoms with Gasteiger partial charge in [0, 0.05) is 30.4 Å². The van der Waals surface area contributed by atoms with Crippen LogP contribution in [-0.2, 0) is 9.53 Å². The maximum absolute atomic E-state index is 11.6. The number of allylic oxidation sites excluding steroid dienone is 1. The van der Waals surface area contributed by atoms with E-state index >= 15 is 0 Å². The fourth-order valence-electron chi connectivity index (χ4n) is 2.59. The first-order valence-corrected chi connectivity index (χ1v) is 6.08. The Morgan fingerprint density at radius 2 is 2.28 bits per heavy atom. The highest BCUT2D eigenvalue weighted by Crippen LogP contribution is 2.29. The lowest BCUT2D eigenvalue weighted by molar-refractivity contribution is -0.105. The summed E-state index contributed by atoms with van der Waals surface area (Å²) < 4.78 is 4.69. The van der Waals surface area contributed by atoms with Gasteiger partial charge in [0.05, 0.1) is 7.11 Å². The van der Waals surface area contributed by atoms with Gasteiger partial charge >= 0.3 is 6.09 Å². The van der Waals surface area contributed by atoms with E-state index in [0.717, 1.165) is 31.2 Å². The minimum atomic E-state index is -0.466. The topological polar surface area (TPSA) is 49.9 Å². The third kappa shape index (κ3) is 2.46. The van der Waals surface area contributed by atoms with Crippen LogP contribution in [0.4, 0.5) is 4.79 Å². The van der Waals surface area contributed by atoms with E-state index in [4.69, 9.17) is 0 Å². The van der Waals surface area contributed by atoms with Crippen LogP contribution >= 0.6 is 0 Å². The Hall–Kier alpha value is -1.62. The third-order valence-electron chi connectivity index (χ3n) is 3.50. The number of amides is 1. The van der Waals surface area contributed by atoms with E-state index in [1.165, 1.54) is 18.2 Å². The summed E-state index contributed by atoms with van der Waals surface area (Å²) in [6.07, 6.45) is 6.51. The SMILES string of the molecule is COC(=O)N1C=C(C=O)CC(C2CCCN2C)=C1. The molecule has 1 atom stereocenters. The lowest BCUT2D eigenvalue weighted by Gasteiger charge is -2.27. The monoisotopic (exact) mass is 250 g/mol. The van der Waals surface area contributed by atoms with Crippen molar-refractivity contribution >= 4 is 12.4 Å². The first-order valence-electron chi connectivity index (χ1n) is 6.08. The van der Waals surface area contributed by atoms with E-state index in [1.807, 2.05) is 0 Å². The molecule has 2 heterocycles. The molecule has 1 fully saturated rings. The molecule has 5 heteroatoms. The average Bonchev–Trinajstić information content (AvgIpc) is 2.83. The van der Waals surface area contributed by atoms with Crippen LogP contribution in [0, 0.1) is 0 Å². The molecule has 2 aliphatic rings. The fraction of sp³-hybridized carbons (Fsp3) is 0.538. The molecule has 0 bridgehead atoms. The number of rotatable bonds is 2. The standard InChI is InChI=1S/C13H18N2O3/c1-14-5-3-4-12(14)11-6-10(9-16)7-15(8-11)13(17)18-2/h7-9,12H,3-6H2,1-2H3. The zero-order valence-corrected chi connectivity index (χ0v) is 10.8. The molecule has 0 aromatic carbocycles. The Morgan fingerprint density at radius 3 is 2.83 bits per heavy atom. The van der Waals surface area contributed by atoms with Crippen LogP contribution in [0.2, 0.25) is 0 Å². The van der Waals surface area contributed by atoms with Gasteiger partial charge in [-0.15, -0.1) is 0 Å². The second-order valence-corrected chi connectivity index (χ2v) is 4.72. The van der Waals surface area contributed by atoms with Crippen LogP contribution in [-0.4, -0.2) is 48.9 Å². The van der Waals surface area contributed by atoms with Crippen molar-refractivity contribution in [3.8, 4) is 0 Å². The highest BCUT2D eigenvalue weighted by Gasteiger charge is 2.28. The van der Waals surface area contributed by atoms with Gasteiger partial charge in [0.2, 0.25) is 0 Å². The average molecular weight is 250 g/mol. The van der Waals surface area contributed by atoms with Crippen LogP contribution in [0.1, 0.15) is 19.3 Å². The summed E-state index contributed by atoms with van der Waals surface area (Å²) in [6, 6.07) is 0.320. The normalized spacial score (nSPS) is 24.6. The highest BCUT2D eigenvalue weighted by atomic mass is 16.5. The molecule has 0 aromatic rings. The molecular weight excluding hydrogens is 232 g/mol. The number of nitrogens with zero attached hydrogens (tertiary/aromatic N) is 2. The summed E-state index contributed by atoms with van der Waals surface area (Å²) >= 11 is 0. The number of carbonyl (C=O) groups excluding carboxylic acids is 2. The quantitative estimate of drug-likeness (QED) is 0.697. The molecule has 2 aliphatic heterocycles. The largest absolute Gasteiger partial charge is 0.452 e. The van der Waals surface area contributed by atoms with Gasteiger partial charge in [-0.05, 0) is 32.0 Å². The molecule has 1 saturated heterocycles. The summed E-state index contributed by atoms with van der Waals surface area (Å²) in [5.41, 5.74) is 1.71. The molecule has 0 saturated carbocycles. The Labute approximate surface area is 107 Å². The van der Waals surface area contributed by atoms with Gasteiger partial charge < -0.3 is 4.74 Å². The third-order valence-corrected chi connectivity index (χ3v) is 3.50. The Morgan fingerprint density at radius 1 is 1.50 bits per heavy atom. The molecule has 98 valence electrons. The number of likely N-dealkylation sites (N-methyl/N-ethyl adjacent to an activating group) is 1. The van der Waals surface area contributed by atoms with Gasteiger partial charge in [-0.2, -0.15) is 0 Å². The fourth-order valence-corrected chi connectivity index (χ4v) is 2.59. The van der Waals surface area contributed by atoms with Crippen molar-refractivity contribution in [2.24, 2.45) is 0 Å². The minimum absolute atomic E-state index is 0.320. The first kappa shape index (κ1) is 12.8. The van der Waals surface area contributed by atoms with E-state index in [1.54, 1.807) is 6.20 Å². The molecule has 5 nitrogen and oxygen atoms in total. The van der Waals surface area contributed by atoms with Crippen molar-refractivity contribution in [3.05, 3.63) is 23.5 Å². The van der Waals surface area contributed by atoms with E-state index in [0.29, 0.717) is 18.0 Å². The number of ether oxygens (including phenoxy) is 1. The molecule has 2 rings (SSSR count). The lowest BCUT2D eigenvalue weighted by Crippen LogP contribution is -2.31. The molecule has 0 spiro atoms. The van der Waals surface area contributed by atoms with E-state index < -0.39 is 6.09 Å². The number of likely N-dealkylation sites (tertiary alicyclic amines) is 1. The van der Waals surface area contributed by atoms with Crippen LogP contribution in [0.3, 0.4) is 0 Å². The van der Waals surface area contributed by atoms with Crippen LogP contribution in [0.15, 0.2) is 23.5 Å².